The van der Waals surface area contributed by atoms with E-state index in [2.05, 4.69) is 5.32 Å². The number of hydrogen-bond acceptors (Lipinski definition) is 4. The van der Waals surface area contributed by atoms with Crippen molar-refractivity contribution in [1.82, 2.24) is 0 Å². The topological polar surface area (TPSA) is 75.6 Å². The summed E-state index contributed by atoms with van der Waals surface area (Å²) in [6, 6.07) is 22.5. The molecule has 3 aromatic carbocycles. The van der Waals surface area contributed by atoms with Gasteiger partial charge in [-0.15, -0.1) is 0 Å². The van der Waals surface area contributed by atoms with Gasteiger partial charge in [0, 0.05) is 5.69 Å². The summed E-state index contributed by atoms with van der Waals surface area (Å²) in [5, 5.41) is 13.2. The molecule has 0 saturated heterocycles. The fraction of sp³-hybridized carbons (Fsp3) is 0.286. The fourth-order valence-electron chi connectivity index (χ4n) is 6.43. The maximum Gasteiger partial charge on any atom is 0.343 e. The van der Waals surface area contributed by atoms with Crippen molar-refractivity contribution in [2.75, 3.05) is 5.32 Å². The Bertz CT molecular complexity index is 1220. The fourth-order valence-corrected chi connectivity index (χ4v) is 6.43. The van der Waals surface area contributed by atoms with Gasteiger partial charge in [-0.25, -0.2) is 9.59 Å². The van der Waals surface area contributed by atoms with Crippen molar-refractivity contribution in [3.05, 3.63) is 95.1 Å². The Balaban J connectivity index is 1.29. The highest BCUT2D eigenvalue weighted by Crippen LogP contribution is 2.63. The monoisotopic (exact) mass is 439 g/mol. The van der Waals surface area contributed by atoms with E-state index in [0.717, 1.165) is 11.3 Å². The number of fused-ring (bicyclic) bond motifs is 7. The number of anilines is 1. The number of rotatable bonds is 4. The summed E-state index contributed by atoms with van der Waals surface area (Å²) in [6.07, 6.45) is 3.69. The molecule has 3 aliphatic rings. The van der Waals surface area contributed by atoms with Crippen LogP contribution in [-0.4, -0.2) is 17.0 Å². The van der Waals surface area contributed by atoms with Crippen molar-refractivity contribution in [1.29, 1.82) is 0 Å². The molecule has 5 atom stereocenters. The lowest BCUT2D eigenvalue weighted by Crippen LogP contribution is -2.35. The zero-order valence-electron chi connectivity index (χ0n) is 18.1. The van der Waals surface area contributed by atoms with Gasteiger partial charge >= 0.3 is 11.9 Å². The van der Waals surface area contributed by atoms with Gasteiger partial charge in [-0.3, -0.25) is 0 Å². The zero-order valence-corrected chi connectivity index (χ0v) is 18.1. The van der Waals surface area contributed by atoms with Crippen LogP contribution < -0.4 is 10.1 Å². The lowest BCUT2D eigenvalue weighted by atomic mass is 9.68. The van der Waals surface area contributed by atoms with Crippen LogP contribution >= 0.6 is 0 Å². The summed E-state index contributed by atoms with van der Waals surface area (Å²) in [5.41, 5.74) is 4.26. The second-order valence-corrected chi connectivity index (χ2v) is 9.49. The third-order valence-electron chi connectivity index (χ3n) is 7.79. The molecule has 0 radical (unpaired) electrons. The highest BCUT2D eigenvalue weighted by atomic mass is 16.5. The van der Waals surface area contributed by atoms with Crippen molar-refractivity contribution in [2.45, 2.75) is 31.2 Å². The Hall–Kier alpha value is -3.60. The summed E-state index contributed by atoms with van der Waals surface area (Å²) in [4.78, 5) is 23.9. The van der Waals surface area contributed by atoms with Crippen LogP contribution in [0.3, 0.4) is 0 Å². The van der Waals surface area contributed by atoms with Crippen LogP contribution in [0.5, 0.6) is 5.75 Å². The maximum atomic E-state index is 12.4. The van der Waals surface area contributed by atoms with Crippen molar-refractivity contribution >= 4 is 17.6 Å². The van der Waals surface area contributed by atoms with Gasteiger partial charge in [0.05, 0.1) is 17.2 Å². The smallest absolute Gasteiger partial charge is 0.343 e. The molecule has 1 aliphatic heterocycles. The lowest BCUT2D eigenvalue weighted by molar-refractivity contribution is 0.0694. The first-order chi connectivity index (χ1) is 16.1. The summed E-state index contributed by atoms with van der Waals surface area (Å²) in [5.74, 6) is 1.39. The Morgan fingerprint density at radius 1 is 0.879 bits per heavy atom. The number of aromatic carboxylic acids is 1. The molecule has 3 aromatic rings. The van der Waals surface area contributed by atoms with Gasteiger partial charge in [-0.05, 0) is 96.5 Å². The standard InChI is InChI=1S/C28H25NO4/c30-27(31)20-10-13-23-22(15-20)24-18-6-7-19(14-18)25(24)26(29-23)16-8-11-21(12-9-16)33-28(32)17-4-2-1-3-5-17/h1-5,8-13,15,18-19,24-26,29H,6-7,14H2,(H,30,31)/t18-,19-,24-,25-,26-/m0/s1. The van der Waals surface area contributed by atoms with Crippen LogP contribution in [0, 0.1) is 17.8 Å². The van der Waals surface area contributed by atoms with Gasteiger partial charge in [0.15, 0.2) is 0 Å². The maximum absolute atomic E-state index is 12.4. The summed E-state index contributed by atoms with van der Waals surface area (Å²) >= 11 is 0. The first-order valence-electron chi connectivity index (χ1n) is 11.6. The van der Waals surface area contributed by atoms with Crippen LogP contribution in [-0.2, 0) is 0 Å². The predicted molar refractivity (Wildman–Crippen MR) is 125 cm³/mol. The second-order valence-electron chi connectivity index (χ2n) is 9.49. The molecule has 2 fully saturated rings. The van der Waals surface area contributed by atoms with Crippen LogP contribution in [0.25, 0.3) is 0 Å². The van der Waals surface area contributed by atoms with Gasteiger partial charge in [0.2, 0.25) is 0 Å². The Labute approximate surface area is 192 Å². The molecule has 2 aliphatic carbocycles. The largest absolute Gasteiger partial charge is 0.478 e. The molecule has 1 heterocycles. The zero-order chi connectivity index (χ0) is 22.5. The van der Waals surface area contributed by atoms with Crippen molar-refractivity contribution in [2.24, 2.45) is 17.8 Å². The molecule has 5 heteroatoms. The highest BCUT2D eigenvalue weighted by molar-refractivity contribution is 5.91. The van der Waals surface area contributed by atoms with Gasteiger partial charge in [-0.2, -0.15) is 0 Å². The van der Waals surface area contributed by atoms with Gasteiger partial charge in [0.25, 0.3) is 0 Å². The Morgan fingerprint density at radius 2 is 1.64 bits per heavy atom. The van der Waals surface area contributed by atoms with E-state index >= 15 is 0 Å². The highest BCUT2D eigenvalue weighted by Gasteiger charge is 2.53. The Morgan fingerprint density at radius 3 is 2.39 bits per heavy atom. The average molecular weight is 440 g/mol. The third kappa shape index (κ3) is 3.39. The molecule has 2 N–H and O–H groups in total. The molecule has 0 amide bonds. The first-order valence-corrected chi connectivity index (χ1v) is 11.6. The average Bonchev–Trinajstić information content (AvgIpc) is 3.47. The van der Waals surface area contributed by atoms with E-state index < -0.39 is 5.97 Å². The van der Waals surface area contributed by atoms with Crippen LogP contribution in [0.1, 0.15) is 63.1 Å². The van der Waals surface area contributed by atoms with Gasteiger partial charge < -0.3 is 15.2 Å². The van der Waals surface area contributed by atoms with Crippen molar-refractivity contribution < 1.29 is 19.4 Å². The molecule has 0 aromatic heterocycles. The number of carbonyl (C=O) groups excluding carboxylic acids is 1. The number of hydrogen-bond donors (Lipinski definition) is 2. The molecular weight excluding hydrogens is 414 g/mol. The van der Waals surface area contributed by atoms with Crippen molar-refractivity contribution in [3.8, 4) is 5.75 Å². The summed E-state index contributed by atoms with van der Waals surface area (Å²) in [6.45, 7) is 0. The molecule has 33 heavy (non-hydrogen) atoms. The molecule has 166 valence electrons. The number of carboxylic acids is 1. The lowest BCUT2D eigenvalue weighted by Gasteiger charge is -2.43. The molecule has 2 saturated carbocycles. The van der Waals surface area contributed by atoms with Crippen LogP contribution in [0.2, 0.25) is 0 Å². The number of benzene rings is 3. The van der Waals surface area contributed by atoms with E-state index in [1.54, 1.807) is 18.2 Å². The third-order valence-corrected chi connectivity index (χ3v) is 7.79. The minimum atomic E-state index is -0.875. The van der Waals surface area contributed by atoms with E-state index in [4.69, 9.17) is 4.74 Å². The molecule has 5 nitrogen and oxygen atoms in total. The molecule has 0 unspecified atom stereocenters. The number of ether oxygens (including phenoxy) is 1. The molecule has 6 rings (SSSR count). The van der Waals surface area contributed by atoms with E-state index in [9.17, 15) is 14.7 Å². The SMILES string of the molecule is O=C(O)c1ccc2c(c1)[C@@H]1[C@H]3CC[C@@H](C3)[C@@H]1[C@H](c1ccc(OC(=O)c3ccccc3)cc1)N2. The van der Waals surface area contributed by atoms with Gasteiger partial charge in [-0.1, -0.05) is 30.3 Å². The van der Waals surface area contributed by atoms with E-state index in [-0.39, 0.29) is 12.0 Å². The quantitative estimate of drug-likeness (QED) is 0.391. The van der Waals surface area contributed by atoms with E-state index in [0.29, 0.717) is 40.5 Å². The van der Waals surface area contributed by atoms with Crippen LogP contribution in [0.4, 0.5) is 5.69 Å². The summed E-state index contributed by atoms with van der Waals surface area (Å²) in [7, 11) is 0. The van der Waals surface area contributed by atoms with Crippen LogP contribution in [0.15, 0.2) is 72.8 Å². The van der Waals surface area contributed by atoms with E-state index in [1.807, 2.05) is 54.6 Å². The minimum absolute atomic E-state index is 0.160. The number of carbonyl (C=O) groups is 2. The molecule has 2 bridgehead atoms. The Kier molecular flexibility index (Phi) is 4.72. The van der Waals surface area contributed by atoms with E-state index in [1.165, 1.54) is 24.8 Å². The second kappa shape index (κ2) is 7.77. The number of nitrogens with one attached hydrogen (secondary N) is 1. The molecular formula is C28H25NO4. The molecule has 0 spiro atoms. The van der Waals surface area contributed by atoms with Gasteiger partial charge in [0.1, 0.15) is 5.75 Å². The first kappa shape index (κ1) is 20.0. The minimum Gasteiger partial charge on any atom is -0.478 e. The number of carboxylic acid groups (broad SMARTS) is 1. The summed E-state index contributed by atoms with van der Waals surface area (Å²) < 4.78 is 5.56. The predicted octanol–water partition coefficient (Wildman–Crippen LogP) is 5.90. The number of esters is 1. The van der Waals surface area contributed by atoms with Crippen molar-refractivity contribution in [3.63, 3.8) is 0 Å². The normalized spacial score (nSPS) is 26.7.